The Kier molecular flexibility index (Phi) is 5.42. The van der Waals surface area contributed by atoms with Crippen molar-refractivity contribution in [3.05, 3.63) is 65.5 Å². The number of amides is 2. The van der Waals surface area contributed by atoms with E-state index in [1.165, 1.54) is 12.1 Å². The molecule has 2 amide bonds. The molecular formula is C23H25FN2O2. The largest absolute Gasteiger partial charge is 0.342 e. The molecule has 1 aliphatic heterocycles. The van der Waals surface area contributed by atoms with E-state index < -0.39 is 0 Å². The summed E-state index contributed by atoms with van der Waals surface area (Å²) in [7, 11) is 0. The van der Waals surface area contributed by atoms with Gasteiger partial charge in [-0.15, -0.1) is 0 Å². The number of carbonyl (C=O) groups is 2. The van der Waals surface area contributed by atoms with Crippen LogP contribution < -0.4 is 4.90 Å². The quantitative estimate of drug-likeness (QED) is 0.762. The highest BCUT2D eigenvalue weighted by Gasteiger charge is 2.34. The molecule has 1 saturated heterocycles. The van der Waals surface area contributed by atoms with Crippen molar-refractivity contribution in [2.24, 2.45) is 5.92 Å². The van der Waals surface area contributed by atoms with E-state index in [1.54, 1.807) is 17.0 Å². The van der Waals surface area contributed by atoms with Crippen LogP contribution in [-0.2, 0) is 22.6 Å². The number of hydrogen-bond acceptors (Lipinski definition) is 2. The monoisotopic (exact) mass is 380 g/mol. The first-order valence-corrected chi connectivity index (χ1v) is 10.0. The van der Waals surface area contributed by atoms with Gasteiger partial charge in [-0.3, -0.25) is 9.59 Å². The molecule has 0 radical (unpaired) electrons. The summed E-state index contributed by atoms with van der Waals surface area (Å²) in [4.78, 5) is 28.8. The number of hydrogen-bond donors (Lipinski definition) is 0. The van der Waals surface area contributed by atoms with Gasteiger partial charge in [0.15, 0.2) is 0 Å². The maximum Gasteiger partial charge on any atom is 0.230 e. The second-order valence-corrected chi connectivity index (χ2v) is 7.76. The van der Waals surface area contributed by atoms with Crippen molar-refractivity contribution in [1.29, 1.82) is 0 Å². The Morgan fingerprint density at radius 2 is 1.54 bits per heavy atom. The van der Waals surface area contributed by atoms with E-state index >= 15 is 0 Å². The standard InChI is InChI=1S/C23H25FN2O2/c24-20-9-3-18(4-10-20)16-26(23(28)19-7-8-19)21-11-5-17(6-12-21)15-22(27)25-13-1-2-14-25/h3-6,9-12,19H,1-2,7-8,13-16H2. The summed E-state index contributed by atoms with van der Waals surface area (Å²) in [5, 5.41) is 0. The zero-order valence-corrected chi connectivity index (χ0v) is 15.9. The number of rotatable bonds is 6. The van der Waals surface area contributed by atoms with Crippen molar-refractivity contribution in [3.8, 4) is 0 Å². The highest BCUT2D eigenvalue weighted by Crippen LogP contribution is 2.33. The third-order valence-corrected chi connectivity index (χ3v) is 5.51. The first-order chi connectivity index (χ1) is 13.6. The van der Waals surface area contributed by atoms with Gasteiger partial charge in [-0.1, -0.05) is 24.3 Å². The van der Waals surface area contributed by atoms with Crippen LogP contribution in [0.2, 0.25) is 0 Å². The second kappa shape index (κ2) is 8.13. The molecule has 1 saturated carbocycles. The molecular weight excluding hydrogens is 355 g/mol. The number of benzene rings is 2. The molecule has 4 nitrogen and oxygen atoms in total. The first kappa shape index (κ1) is 18.7. The lowest BCUT2D eigenvalue weighted by Crippen LogP contribution is -2.31. The van der Waals surface area contributed by atoms with E-state index in [4.69, 9.17) is 0 Å². The zero-order valence-electron chi connectivity index (χ0n) is 15.9. The minimum absolute atomic E-state index is 0.0943. The number of carbonyl (C=O) groups excluding carboxylic acids is 2. The fourth-order valence-corrected chi connectivity index (χ4v) is 3.67. The molecule has 28 heavy (non-hydrogen) atoms. The third kappa shape index (κ3) is 4.41. The van der Waals surface area contributed by atoms with Crippen molar-refractivity contribution < 1.29 is 14.0 Å². The minimum atomic E-state index is -0.282. The molecule has 0 bridgehead atoms. The molecule has 2 fully saturated rings. The number of likely N-dealkylation sites (tertiary alicyclic amines) is 1. The van der Waals surface area contributed by atoms with E-state index in [0.717, 1.165) is 55.6 Å². The van der Waals surface area contributed by atoms with Crippen LogP contribution in [0.3, 0.4) is 0 Å². The summed E-state index contributed by atoms with van der Waals surface area (Å²) in [6.07, 6.45) is 4.44. The number of nitrogens with zero attached hydrogens (tertiary/aromatic N) is 2. The van der Waals surface area contributed by atoms with Gasteiger partial charge < -0.3 is 9.80 Å². The summed E-state index contributed by atoms with van der Waals surface area (Å²) in [6.45, 7) is 2.14. The average Bonchev–Trinajstić information content (AvgIpc) is 3.41. The van der Waals surface area contributed by atoms with Crippen LogP contribution in [0, 0.1) is 11.7 Å². The van der Waals surface area contributed by atoms with Crippen molar-refractivity contribution in [1.82, 2.24) is 4.90 Å². The highest BCUT2D eigenvalue weighted by molar-refractivity contribution is 5.96. The molecule has 0 aromatic heterocycles. The minimum Gasteiger partial charge on any atom is -0.342 e. The molecule has 146 valence electrons. The van der Waals surface area contributed by atoms with Crippen molar-refractivity contribution >= 4 is 17.5 Å². The second-order valence-electron chi connectivity index (χ2n) is 7.76. The molecule has 4 rings (SSSR count). The van der Waals surface area contributed by atoms with E-state index in [0.29, 0.717) is 13.0 Å². The lowest BCUT2D eigenvalue weighted by atomic mass is 10.1. The molecule has 2 aliphatic rings. The van der Waals surface area contributed by atoms with Crippen molar-refractivity contribution in [2.75, 3.05) is 18.0 Å². The molecule has 5 heteroatoms. The molecule has 2 aromatic carbocycles. The lowest BCUT2D eigenvalue weighted by molar-refractivity contribution is -0.129. The van der Waals surface area contributed by atoms with Crippen molar-refractivity contribution in [2.45, 2.75) is 38.6 Å². The Morgan fingerprint density at radius 3 is 2.14 bits per heavy atom. The predicted molar refractivity (Wildman–Crippen MR) is 106 cm³/mol. The SMILES string of the molecule is O=C(Cc1ccc(N(Cc2ccc(F)cc2)C(=O)C2CC2)cc1)N1CCCC1. The fourth-order valence-electron chi connectivity index (χ4n) is 3.67. The molecule has 2 aromatic rings. The Hall–Kier alpha value is -2.69. The molecule has 0 unspecified atom stereocenters. The smallest absolute Gasteiger partial charge is 0.230 e. The van der Waals surface area contributed by atoms with Crippen LogP contribution in [0.4, 0.5) is 10.1 Å². The highest BCUT2D eigenvalue weighted by atomic mass is 19.1. The molecule has 0 spiro atoms. The summed E-state index contributed by atoms with van der Waals surface area (Å²) >= 11 is 0. The third-order valence-electron chi connectivity index (χ3n) is 5.51. The van der Waals surface area contributed by atoms with Gasteiger partial charge in [-0.25, -0.2) is 4.39 Å². The Bertz CT molecular complexity index is 838. The Labute approximate surface area is 164 Å². The van der Waals surface area contributed by atoms with Crippen LogP contribution in [0.5, 0.6) is 0 Å². The van der Waals surface area contributed by atoms with Gasteiger partial charge in [0.1, 0.15) is 5.82 Å². The molecule has 0 atom stereocenters. The Morgan fingerprint density at radius 1 is 0.929 bits per heavy atom. The van der Waals surface area contributed by atoms with Crippen LogP contribution in [-0.4, -0.2) is 29.8 Å². The topological polar surface area (TPSA) is 40.6 Å². The predicted octanol–water partition coefficient (Wildman–Crippen LogP) is 3.93. The zero-order chi connectivity index (χ0) is 19.5. The van der Waals surface area contributed by atoms with Gasteiger partial charge in [0.2, 0.25) is 11.8 Å². The van der Waals surface area contributed by atoms with Gasteiger partial charge in [0.05, 0.1) is 13.0 Å². The van der Waals surface area contributed by atoms with Crippen LogP contribution in [0.25, 0.3) is 0 Å². The van der Waals surface area contributed by atoms with Gasteiger partial charge in [0.25, 0.3) is 0 Å². The lowest BCUT2D eigenvalue weighted by Gasteiger charge is -2.23. The van der Waals surface area contributed by atoms with Crippen molar-refractivity contribution in [3.63, 3.8) is 0 Å². The summed E-state index contributed by atoms with van der Waals surface area (Å²) < 4.78 is 13.2. The average molecular weight is 380 g/mol. The molecule has 0 N–H and O–H groups in total. The summed E-state index contributed by atoms with van der Waals surface area (Å²) in [6, 6.07) is 14.0. The van der Waals surface area contributed by atoms with E-state index in [1.807, 2.05) is 29.2 Å². The number of halogens is 1. The molecule has 1 heterocycles. The van der Waals surface area contributed by atoms with Crippen LogP contribution in [0.1, 0.15) is 36.8 Å². The van der Waals surface area contributed by atoms with Crippen LogP contribution >= 0.6 is 0 Å². The first-order valence-electron chi connectivity index (χ1n) is 10.0. The van der Waals surface area contributed by atoms with E-state index in [2.05, 4.69) is 0 Å². The Balaban J connectivity index is 1.48. The van der Waals surface area contributed by atoms with Gasteiger partial charge in [-0.05, 0) is 61.1 Å². The van der Waals surface area contributed by atoms with Gasteiger partial charge >= 0.3 is 0 Å². The van der Waals surface area contributed by atoms with Gasteiger partial charge in [-0.2, -0.15) is 0 Å². The van der Waals surface area contributed by atoms with E-state index in [9.17, 15) is 14.0 Å². The molecule has 1 aliphatic carbocycles. The summed E-state index contributed by atoms with van der Waals surface area (Å²) in [5.74, 6) is 0.0976. The normalized spacial score (nSPS) is 16.2. The maximum absolute atomic E-state index is 13.2. The van der Waals surface area contributed by atoms with Crippen LogP contribution in [0.15, 0.2) is 48.5 Å². The summed E-state index contributed by atoms with van der Waals surface area (Å²) in [5.41, 5.74) is 2.67. The van der Waals surface area contributed by atoms with Gasteiger partial charge in [0, 0.05) is 24.7 Å². The van der Waals surface area contributed by atoms with E-state index in [-0.39, 0.29) is 23.5 Å². The fraction of sp³-hybridized carbons (Fsp3) is 0.391. The number of anilines is 1. The maximum atomic E-state index is 13.2.